The number of phenolic OH excluding ortho intramolecular Hbond substituents is 1. The van der Waals surface area contributed by atoms with Crippen LogP contribution in [0.4, 0.5) is 10.5 Å². The highest BCUT2D eigenvalue weighted by molar-refractivity contribution is 6.09. The summed E-state index contributed by atoms with van der Waals surface area (Å²) in [4.78, 5) is 150. The van der Waals surface area contributed by atoms with E-state index in [-0.39, 0.29) is 166 Å². The Balaban J connectivity index is 0.000000323. The number of ether oxygens (including phenoxy) is 6. The van der Waals surface area contributed by atoms with Crippen molar-refractivity contribution in [1.82, 2.24) is 35.2 Å². The van der Waals surface area contributed by atoms with E-state index in [1.807, 2.05) is 166 Å². The van der Waals surface area contributed by atoms with Crippen LogP contribution in [-0.2, 0) is 52.5 Å². The first-order chi connectivity index (χ1) is 64.3. The number of hydrogen-bond donors (Lipinski definition) is 6. The second kappa shape index (κ2) is 52.8. The maximum absolute atomic E-state index is 14.5. The third-order valence-electron chi connectivity index (χ3n) is 24.5. The smallest absolute Gasteiger partial charge is 0.410 e. The van der Waals surface area contributed by atoms with Gasteiger partial charge < -0.3 is 93.6 Å². The van der Waals surface area contributed by atoms with Crippen LogP contribution in [0.25, 0.3) is 45.6 Å². The number of carboxylic acids is 2. The van der Waals surface area contributed by atoms with Crippen LogP contribution >= 0.6 is 0 Å². The first kappa shape index (κ1) is 114. The van der Waals surface area contributed by atoms with Gasteiger partial charge in [-0.3, -0.25) is 38.4 Å². The molecule has 0 unspecified atom stereocenters. The van der Waals surface area contributed by atoms with E-state index in [2.05, 4.69) is 22.5 Å². The number of nitrogens with zero attached hydrogens (tertiary/aromatic N) is 5. The normalized spacial score (nSPS) is 14.5. The van der Waals surface area contributed by atoms with Crippen molar-refractivity contribution in [2.24, 2.45) is 29.6 Å². The van der Waals surface area contributed by atoms with Gasteiger partial charge in [-0.05, 0) is 174 Å². The van der Waals surface area contributed by atoms with Gasteiger partial charge in [0.25, 0.3) is 11.8 Å². The van der Waals surface area contributed by atoms with Gasteiger partial charge in [0.05, 0.1) is 90.7 Å². The van der Waals surface area contributed by atoms with Crippen LogP contribution < -0.4 is 51.1 Å². The van der Waals surface area contributed by atoms with Crippen LogP contribution in [-0.4, -0.2) is 233 Å². The van der Waals surface area contributed by atoms with Gasteiger partial charge in [0, 0.05) is 161 Å². The molecule has 0 spiro atoms. The summed E-state index contributed by atoms with van der Waals surface area (Å²) in [6.45, 7) is 30.9. The summed E-state index contributed by atoms with van der Waals surface area (Å²) in [5.41, 5.74) is 5.86. The van der Waals surface area contributed by atoms with E-state index in [0.29, 0.717) is 98.9 Å². The van der Waals surface area contributed by atoms with E-state index in [1.54, 1.807) is 122 Å². The van der Waals surface area contributed by atoms with Crippen molar-refractivity contribution in [3.05, 3.63) is 194 Å². The summed E-state index contributed by atoms with van der Waals surface area (Å²) in [6, 6.07) is 37.6. The Bertz CT molecular complexity index is 5720. The molecule has 6 aromatic carbocycles. The fourth-order valence-corrected chi connectivity index (χ4v) is 17.2. The molecule has 6 N–H and O–H groups in total. The van der Waals surface area contributed by atoms with Crippen LogP contribution in [0.5, 0.6) is 17.2 Å². The number of anilines is 1. The second-order valence-electron chi connectivity index (χ2n) is 36.9. The zero-order valence-corrected chi connectivity index (χ0v) is 82.7. The van der Waals surface area contributed by atoms with Crippen molar-refractivity contribution in [3.8, 4) is 39.7 Å². The molecule has 0 saturated carbocycles. The monoisotopic (exact) mass is 1910 g/mol. The molecule has 4 aliphatic rings. The molecule has 3 heterocycles. The Hall–Kier alpha value is -12.6. The Morgan fingerprint density at radius 2 is 1.27 bits per heavy atom. The molecule has 10 rings (SSSR count). The first-order valence-corrected chi connectivity index (χ1v) is 46.6. The number of aliphatic hydroxyl groups is 1. The van der Waals surface area contributed by atoms with Gasteiger partial charge in [0.15, 0.2) is 11.6 Å². The highest BCUT2D eigenvalue weighted by Gasteiger charge is 2.45. The van der Waals surface area contributed by atoms with Crippen molar-refractivity contribution < 1.29 is 106 Å². The first-order valence-electron chi connectivity index (χ1n) is 46.6. The van der Waals surface area contributed by atoms with E-state index in [1.165, 1.54) is 29.2 Å². The molecule has 30 heteroatoms. The number of Topliss-reactive ketones (excluding diaryl/α,β-unsaturated/α-hetero) is 2. The topological polar surface area (TPSA) is 392 Å². The number of carbonyl (C=O) groups is 11. The number of aliphatic hydroxyl groups excluding tert-OH is 1. The summed E-state index contributed by atoms with van der Waals surface area (Å²) >= 11 is 0. The van der Waals surface area contributed by atoms with Crippen molar-refractivity contribution in [2.75, 3.05) is 87.6 Å². The van der Waals surface area contributed by atoms with E-state index >= 15 is 0 Å². The van der Waals surface area contributed by atoms with Crippen molar-refractivity contribution in [3.63, 3.8) is 0 Å². The number of phenols is 1. The lowest BCUT2D eigenvalue weighted by Crippen LogP contribution is -2.55. The second-order valence-corrected chi connectivity index (χ2v) is 36.9. The van der Waals surface area contributed by atoms with Crippen LogP contribution in [0.1, 0.15) is 234 Å². The maximum atomic E-state index is 14.5. The molecule has 6 amide bonds. The number of methoxy groups -OCH3 is 2. The summed E-state index contributed by atoms with van der Waals surface area (Å²) < 4.78 is 42.0. The molecule has 3 aliphatic heterocycles. The Labute approximate surface area is 812 Å². The molecular weight excluding hydrogens is 1760 g/mol. The van der Waals surface area contributed by atoms with E-state index in [9.17, 15) is 73.2 Å². The molecule has 138 heavy (non-hydrogen) atoms. The predicted molar refractivity (Wildman–Crippen MR) is 533 cm³/mol. The van der Waals surface area contributed by atoms with E-state index in [4.69, 9.17) is 32.8 Å². The Morgan fingerprint density at radius 3 is 1.84 bits per heavy atom. The minimum absolute atomic E-state index is 0. The van der Waals surface area contributed by atoms with Gasteiger partial charge in [-0.1, -0.05) is 131 Å². The van der Waals surface area contributed by atoms with Gasteiger partial charge in [0.1, 0.15) is 49.3 Å². The van der Waals surface area contributed by atoms with Crippen molar-refractivity contribution in [2.45, 2.75) is 230 Å². The SMILES string of the molecule is C.C.C=c1ccc2c(c1)Oc1cc(O)ccc1C=2c1ccc(C(=O)NCCCC(=O)COC(C)C)cc1C(=O)O.CC(C)OC(=O)CCCNC(=O)c1ccc(-c2c3ccc(=[N+](C)C)cc-3oc3cc(N(C)C)ccc23)c(C(=O)[O-])c1.CC[C@H](C)[C@@H]([C@@H](CC(=O)N1CCC[C@H]1[C@H](OC)[C@@H](C)C(=O)N[C@H](C)[C@@H](O)c1ccccc1)OC)N(C)C(=O)[C@@H](CC(=O)[C@H](C(C)C)N(C)C(=O)OC(C)C)C(C)C. The average Bonchev–Trinajstić information content (AvgIpc) is 0.905. The zero-order valence-electron chi connectivity index (χ0n) is 82.7. The highest BCUT2D eigenvalue weighted by atomic mass is 16.6. The fourth-order valence-electron chi connectivity index (χ4n) is 17.2. The number of fused-ring (bicyclic) bond motifs is 4. The maximum Gasteiger partial charge on any atom is 0.410 e. The number of likely N-dealkylation sites (tertiary alicyclic amines) is 1. The predicted octanol–water partition coefficient (Wildman–Crippen LogP) is 13.6. The third-order valence-corrected chi connectivity index (χ3v) is 24.5. The number of aromatic carboxylic acids is 2. The molecular formula is C108H146N8O22. The van der Waals surface area contributed by atoms with Gasteiger partial charge in [-0.15, -0.1) is 0 Å². The van der Waals surface area contributed by atoms with Gasteiger partial charge in [-0.2, -0.15) is 0 Å². The molecule has 750 valence electrons. The van der Waals surface area contributed by atoms with Crippen LogP contribution in [0.2, 0.25) is 0 Å². The minimum Gasteiger partial charge on any atom is -0.545 e. The fraction of sp³-hybridized carbons (Fsp3) is 0.481. The third kappa shape index (κ3) is 29.9. The molecule has 1 saturated heterocycles. The lowest BCUT2D eigenvalue weighted by atomic mass is 9.83. The van der Waals surface area contributed by atoms with Gasteiger partial charge in [0.2, 0.25) is 23.1 Å². The zero-order chi connectivity index (χ0) is 101. The Kier molecular flexibility index (Phi) is 43.6. The van der Waals surface area contributed by atoms with Gasteiger partial charge >= 0.3 is 18.0 Å². The number of nitrogens with one attached hydrogen (secondary N) is 3. The number of rotatable bonds is 41. The number of amides is 6. The number of carboxylic acid groups (broad SMARTS) is 2. The summed E-state index contributed by atoms with van der Waals surface area (Å²) in [5.74, 6) is -5.02. The number of carbonyl (C=O) groups excluding carboxylic acids is 10. The lowest BCUT2D eigenvalue weighted by molar-refractivity contribution is -0.255. The molecule has 10 atom stereocenters. The molecule has 6 aromatic rings. The molecule has 1 aliphatic carbocycles. The number of hydrogen-bond acceptors (Lipinski definition) is 22. The number of aromatic hydroxyl groups is 1. The largest absolute Gasteiger partial charge is 0.545 e. The van der Waals surface area contributed by atoms with Crippen LogP contribution in [0.15, 0.2) is 144 Å². The number of likely N-dealkylation sites (N-methyl/N-ethyl adjacent to an activating group) is 2. The number of ketones is 2. The average molecular weight is 1910 g/mol. The van der Waals surface area contributed by atoms with E-state index < -0.39 is 78.1 Å². The minimum atomic E-state index is -1.40. The lowest BCUT2D eigenvalue weighted by Gasteiger charge is -2.41. The van der Waals surface area contributed by atoms with Gasteiger partial charge in [-0.25, -0.2) is 14.2 Å². The van der Waals surface area contributed by atoms with Crippen molar-refractivity contribution in [1.29, 1.82) is 0 Å². The Morgan fingerprint density at radius 1 is 0.652 bits per heavy atom. The quantitative estimate of drug-likeness (QED) is 0.00897. The molecule has 1 fully saturated rings. The number of benzene rings is 7. The number of esters is 1. The van der Waals surface area contributed by atoms with Crippen LogP contribution in [0, 0.1) is 29.6 Å². The molecule has 0 radical (unpaired) electrons. The summed E-state index contributed by atoms with van der Waals surface area (Å²) in [7, 11) is 14.1. The highest BCUT2D eigenvalue weighted by Crippen LogP contribution is 2.44. The summed E-state index contributed by atoms with van der Waals surface area (Å²) in [6.07, 6.45) is 0.0315. The molecule has 30 nitrogen and oxygen atoms in total. The van der Waals surface area contributed by atoms with Crippen molar-refractivity contribution >= 4 is 93.9 Å². The molecule has 0 aromatic heterocycles. The molecule has 0 bridgehead atoms. The van der Waals surface area contributed by atoms with Crippen LogP contribution in [0.3, 0.4) is 0 Å². The standard InChI is InChI=1S/C44H74N4O9.C32H35N3O6.C30H29NO7.2CH4/c1-15-29(8)39(46(11)43(53)33(26(2)3)24-35(49)38(27(4)5)47(12)44(54)57-28(6)7)36(55-13)25-37(50)48-23-19-22-34(48)41(56-14)30(9)42(52)45-31(10)40(51)32-20-17-16-18-21-32;1-19(2)40-29(36)8-7-15-33-31(37)20-9-12-23(26(16-20)32(38)39)30-24-13-10-21(34(3)4)17-27(24)41-28-18-22(35(5)6)11-14-25(28)30;1-17(2)37-16-21(33)5-4-12-31-29(34)19-7-10-22(25(14-19)30(35)36)28-23-9-6-18(3)13-26(23)38-27-15-20(32)8-11-24(27)28;;/h16-18,20-21,26-31,33-34,36,38-41,51H,15,19,22-25H2,1-14H3,(H,45,52);9-14,16-19H,7-8,15H2,1-6H3,(H-,33,37,38,39);6-11,13-15,17,32H,3-5,12,16H2,1-2H3,(H,31,34)(H,35,36);2*1H4/t29-,30+,31+,33-,34-,36+,38-,39-,40+,41+;;;;/m0..../s1. The van der Waals surface area contributed by atoms with E-state index in [0.717, 1.165) is 28.4 Å². The summed E-state index contributed by atoms with van der Waals surface area (Å²) in [5, 5.41) is 54.8.